The van der Waals surface area contributed by atoms with Gasteiger partial charge in [0.2, 0.25) is 0 Å². The molecule has 0 atom stereocenters. The maximum Gasteiger partial charge on any atom is 0.147 e. The molecule has 0 aliphatic carbocycles. The molecule has 17 heavy (non-hydrogen) atoms. The Bertz CT molecular complexity index is 474. The SMILES string of the molecule is CS(=O)(=O)CCCOc1c(Cl)cccc1CBr. The van der Waals surface area contributed by atoms with E-state index in [1.54, 1.807) is 6.07 Å². The van der Waals surface area contributed by atoms with Gasteiger partial charge in [0, 0.05) is 17.1 Å². The van der Waals surface area contributed by atoms with Crippen LogP contribution in [0.5, 0.6) is 5.75 Å². The van der Waals surface area contributed by atoms with Crippen molar-refractivity contribution < 1.29 is 13.2 Å². The Labute approximate surface area is 115 Å². The average molecular weight is 342 g/mol. The number of hydrogen-bond donors (Lipinski definition) is 0. The van der Waals surface area contributed by atoms with Gasteiger partial charge in [0.25, 0.3) is 0 Å². The van der Waals surface area contributed by atoms with E-state index in [4.69, 9.17) is 16.3 Å². The van der Waals surface area contributed by atoms with Crippen molar-refractivity contribution in [2.24, 2.45) is 0 Å². The van der Waals surface area contributed by atoms with Crippen molar-refractivity contribution in [3.63, 3.8) is 0 Å². The largest absolute Gasteiger partial charge is 0.492 e. The van der Waals surface area contributed by atoms with Crippen molar-refractivity contribution in [2.45, 2.75) is 11.8 Å². The van der Waals surface area contributed by atoms with Crippen molar-refractivity contribution in [1.82, 2.24) is 0 Å². The van der Waals surface area contributed by atoms with Crippen LogP contribution in [0.1, 0.15) is 12.0 Å². The minimum absolute atomic E-state index is 0.126. The highest BCUT2D eigenvalue weighted by Gasteiger charge is 2.08. The molecule has 0 bridgehead atoms. The number of benzene rings is 1. The van der Waals surface area contributed by atoms with Crippen LogP contribution < -0.4 is 4.74 Å². The van der Waals surface area contributed by atoms with Gasteiger partial charge in [-0.2, -0.15) is 0 Å². The summed E-state index contributed by atoms with van der Waals surface area (Å²) in [6.45, 7) is 0.344. The van der Waals surface area contributed by atoms with Gasteiger partial charge in [0.15, 0.2) is 0 Å². The zero-order valence-corrected chi connectivity index (χ0v) is 12.6. The molecule has 0 spiro atoms. The Kier molecular flexibility index (Phi) is 5.76. The fraction of sp³-hybridized carbons (Fsp3) is 0.455. The number of alkyl halides is 1. The Morgan fingerprint density at radius 1 is 1.41 bits per heavy atom. The monoisotopic (exact) mass is 340 g/mol. The quantitative estimate of drug-likeness (QED) is 0.590. The zero-order chi connectivity index (χ0) is 12.9. The van der Waals surface area contributed by atoms with Crippen LogP contribution in [0.4, 0.5) is 0 Å². The lowest BCUT2D eigenvalue weighted by atomic mass is 10.2. The molecular formula is C11H14BrClO3S. The second-order valence-corrected chi connectivity index (χ2v) is 6.92. The van der Waals surface area contributed by atoms with E-state index in [1.807, 2.05) is 12.1 Å². The molecule has 96 valence electrons. The van der Waals surface area contributed by atoms with E-state index >= 15 is 0 Å². The molecule has 0 unspecified atom stereocenters. The summed E-state index contributed by atoms with van der Waals surface area (Å²) in [6, 6.07) is 5.51. The van der Waals surface area contributed by atoms with E-state index in [0.29, 0.717) is 29.1 Å². The van der Waals surface area contributed by atoms with Gasteiger partial charge in [0.1, 0.15) is 15.6 Å². The van der Waals surface area contributed by atoms with E-state index < -0.39 is 9.84 Å². The van der Waals surface area contributed by atoms with Gasteiger partial charge in [-0.05, 0) is 12.5 Å². The number of ether oxygens (including phenoxy) is 1. The van der Waals surface area contributed by atoms with Gasteiger partial charge < -0.3 is 4.74 Å². The molecule has 0 fully saturated rings. The zero-order valence-electron chi connectivity index (χ0n) is 9.45. The van der Waals surface area contributed by atoms with E-state index in [0.717, 1.165) is 5.56 Å². The number of sulfone groups is 1. The topological polar surface area (TPSA) is 43.4 Å². The Balaban J connectivity index is 2.57. The second kappa shape index (κ2) is 6.61. The van der Waals surface area contributed by atoms with E-state index in [2.05, 4.69) is 15.9 Å². The van der Waals surface area contributed by atoms with Gasteiger partial charge in [-0.15, -0.1) is 0 Å². The maximum atomic E-state index is 10.9. The first-order valence-corrected chi connectivity index (χ1v) is 8.64. The molecule has 0 N–H and O–H groups in total. The molecule has 0 amide bonds. The van der Waals surface area contributed by atoms with Crippen molar-refractivity contribution >= 4 is 37.4 Å². The molecule has 0 heterocycles. The summed E-state index contributed by atoms with van der Waals surface area (Å²) in [5, 5.41) is 1.19. The van der Waals surface area contributed by atoms with E-state index in [1.165, 1.54) is 6.26 Å². The summed E-state index contributed by atoms with van der Waals surface area (Å²) in [5.74, 6) is 0.751. The second-order valence-electron chi connectivity index (χ2n) is 3.69. The van der Waals surface area contributed by atoms with E-state index in [9.17, 15) is 8.42 Å². The molecule has 0 radical (unpaired) electrons. The third-order valence-corrected chi connectivity index (χ3v) is 4.03. The lowest BCUT2D eigenvalue weighted by Gasteiger charge is -2.11. The molecule has 0 aliphatic heterocycles. The van der Waals surface area contributed by atoms with Crippen LogP contribution in [-0.2, 0) is 15.2 Å². The molecule has 0 saturated heterocycles. The Morgan fingerprint density at radius 2 is 2.12 bits per heavy atom. The van der Waals surface area contributed by atoms with Gasteiger partial charge in [-0.1, -0.05) is 39.7 Å². The fourth-order valence-corrected chi connectivity index (χ4v) is 2.65. The predicted octanol–water partition coefficient (Wildman–Crippen LogP) is 3.05. The lowest BCUT2D eigenvalue weighted by molar-refractivity contribution is 0.315. The minimum Gasteiger partial charge on any atom is -0.492 e. The lowest BCUT2D eigenvalue weighted by Crippen LogP contribution is -2.08. The van der Waals surface area contributed by atoms with Gasteiger partial charge in [-0.25, -0.2) is 8.42 Å². The fourth-order valence-electron chi connectivity index (χ4n) is 1.32. The van der Waals surface area contributed by atoms with Gasteiger partial charge >= 0.3 is 0 Å². The highest BCUT2D eigenvalue weighted by atomic mass is 79.9. The number of halogens is 2. The van der Waals surface area contributed by atoms with Crippen LogP contribution in [0, 0.1) is 0 Å². The number of rotatable bonds is 6. The first kappa shape index (κ1) is 14.8. The van der Waals surface area contributed by atoms with Crippen LogP contribution >= 0.6 is 27.5 Å². The smallest absolute Gasteiger partial charge is 0.147 e. The average Bonchev–Trinajstić information content (AvgIpc) is 2.24. The summed E-state index contributed by atoms with van der Waals surface area (Å²) >= 11 is 9.36. The third-order valence-electron chi connectivity index (χ3n) is 2.10. The molecule has 1 aromatic rings. The third kappa shape index (κ3) is 5.27. The van der Waals surface area contributed by atoms with Crippen LogP contribution in [-0.4, -0.2) is 27.0 Å². The number of hydrogen-bond acceptors (Lipinski definition) is 3. The van der Waals surface area contributed by atoms with Crippen LogP contribution in [0.3, 0.4) is 0 Å². The van der Waals surface area contributed by atoms with Crippen molar-refractivity contribution in [3.8, 4) is 5.75 Å². The molecule has 0 saturated carbocycles. The summed E-state index contributed by atoms with van der Waals surface area (Å²) in [5.41, 5.74) is 0.955. The van der Waals surface area contributed by atoms with E-state index in [-0.39, 0.29) is 5.75 Å². The highest BCUT2D eigenvalue weighted by molar-refractivity contribution is 9.08. The van der Waals surface area contributed by atoms with Crippen LogP contribution in [0.2, 0.25) is 5.02 Å². The van der Waals surface area contributed by atoms with Crippen molar-refractivity contribution in [3.05, 3.63) is 28.8 Å². The first-order valence-electron chi connectivity index (χ1n) is 5.08. The highest BCUT2D eigenvalue weighted by Crippen LogP contribution is 2.30. The van der Waals surface area contributed by atoms with Crippen LogP contribution in [0.15, 0.2) is 18.2 Å². The Hall–Kier alpha value is -0.260. The van der Waals surface area contributed by atoms with Crippen molar-refractivity contribution in [2.75, 3.05) is 18.6 Å². The molecule has 0 aliphatic rings. The molecule has 6 heteroatoms. The molecule has 0 aromatic heterocycles. The first-order chi connectivity index (χ1) is 7.94. The molecule has 1 rings (SSSR count). The van der Waals surface area contributed by atoms with Crippen LogP contribution in [0.25, 0.3) is 0 Å². The molecule has 3 nitrogen and oxygen atoms in total. The standard InChI is InChI=1S/C11H14BrClO3S/c1-17(14,15)7-3-6-16-11-9(8-12)4-2-5-10(11)13/h2,4-5H,3,6-8H2,1H3. The molecular weight excluding hydrogens is 328 g/mol. The molecule has 1 aromatic carbocycles. The summed E-state index contributed by atoms with van der Waals surface area (Å²) in [7, 11) is -2.93. The minimum atomic E-state index is -2.93. The van der Waals surface area contributed by atoms with Crippen molar-refractivity contribution in [1.29, 1.82) is 0 Å². The normalized spacial score (nSPS) is 11.5. The van der Waals surface area contributed by atoms with Gasteiger partial charge in [0.05, 0.1) is 17.4 Å². The number of para-hydroxylation sites is 1. The summed E-state index contributed by atoms with van der Waals surface area (Å²) in [4.78, 5) is 0. The maximum absolute atomic E-state index is 10.9. The Morgan fingerprint density at radius 3 is 2.71 bits per heavy atom. The summed E-state index contributed by atoms with van der Waals surface area (Å²) < 4.78 is 27.4. The summed E-state index contributed by atoms with van der Waals surface area (Å²) in [6.07, 6.45) is 1.68. The van der Waals surface area contributed by atoms with Gasteiger partial charge in [-0.3, -0.25) is 0 Å². The predicted molar refractivity (Wildman–Crippen MR) is 73.9 cm³/mol.